The van der Waals surface area contributed by atoms with Crippen molar-refractivity contribution in [3.63, 3.8) is 0 Å². The number of benzene rings is 2. The second kappa shape index (κ2) is 3.35. The Morgan fingerprint density at radius 2 is 1.80 bits per heavy atom. The summed E-state index contributed by atoms with van der Waals surface area (Å²) in [5.41, 5.74) is 2.83. The molecular formula is C14H15N. The molecule has 0 radical (unpaired) electrons. The molecule has 1 aliphatic heterocycles. The van der Waals surface area contributed by atoms with Crippen LogP contribution in [-0.4, -0.2) is 6.54 Å². The molecule has 76 valence electrons. The first-order valence-electron chi connectivity index (χ1n) is 5.58. The highest BCUT2D eigenvalue weighted by Gasteiger charge is 2.20. The molecule has 0 saturated carbocycles. The summed E-state index contributed by atoms with van der Waals surface area (Å²) >= 11 is 0. The third-order valence-electron chi connectivity index (χ3n) is 3.37. The summed E-state index contributed by atoms with van der Waals surface area (Å²) in [5, 5.41) is 6.28. The van der Waals surface area contributed by atoms with Crippen LogP contribution >= 0.6 is 0 Å². The van der Waals surface area contributed by atoms with Crippen molar-refractivity contribution in [2.75, 3.05) is 6.54 Å². The number of rotatable bonds is 1. The van der Waals surface area contributed by atoms with Crippen molar-refractivity contribution in [1.29, 1.82) is 0 Å². The largest absolute Gasteiger partial charge is 0.310 e. The standard InChI is InChI=1S/C14H15N/c1-10-6-7-13(14-8-9-15-14)12-5-3-2-4-11(10)12/h2-7,14-15H,8-9H2,1H3. The van der Waals surface area contributed by atoms with Crippen molar-refractivity contribution in [3.05, 3.63) is 47.5 Å². The summed E-state index contributed by atoms with van der Waals surface area (Å²) in [7, 11) is 0. The van der Waals surface area contributed by atoms with E-state index in [0.717, 1.165) is 6.54 Å². The maximum atomic E-state index is 3.47. The van der Waals surface area contributed by atoms with E-state index in [4.69, 9.17) is 0 Å². The molecule has 3 rings (SSSR count). The molecule has 1 heterocycles. The molecule has 1 saturated heterocycles. The van der Waals surface area contributed by atoms with Crippen molar-refractivity contribution in [1.82, 2.24) is 5.32 Å². The van der Waals surface area contributed by atoms with Gasteiger partial charge in [0.2, 0.25) is 0 Å². The molecular weight excluding hydrogens is 182 g/mol. The van der Waals surface area contributed by atoms with E-state index in [1.807, 2.05) is 0 Å². The van der Waals surface area contributed by atoms with Crippen molar-refractivity contribution in [2.45, 2.75) is 19.4 Å². The first kappa shape index (κ1) is 8.93. The van der Waals surface area contributed by atoms with Crippen molar-refractivity contribution in [3.8, 4) is 0 Å². The van der Waals surface area contributed by atoms with Gasteiger partial charge < -0.3 is 5.32 Å². The topological polar surface area (TPSA) is 12.0 Å². The highest BCUT2D eigenvalue weighted by molar-refractivity contribution is 5.89. The Labute approximate surface area is 90.1 Å². The van der Waals surface area contributed by atoms with Gasteiger partial charge in [-0.15, -0.1) is 0 Å². The lowest BCUT2D eigenvalue weighted by Gasteiger charge is -2.29. The van der Waals surface area contributed by atoms with Gasteiger partial charge in [0, 0.05) is 6.04 Å². The molecule has 1 aliphatic rings. The van der Waals surface area contributed by atoms with Crippen LogP contribution in [0.5, 0.6) is 0 Å². The summed E-state index contributed by atoms with van der Waals surface area (Å²) in [4.78, 5) is 0. The zero-order valence-corrected chi connectivity index (χ0v) is 8.96. The van der Waals surface area contributed by atoms with Crippen LogP contribution in [0.4, 0.5) is 0 Å². The molecule has 15 heavy (non-hydrogen) atoms. The second-order valence-electron chi connectivity index (χ2n) is 4.31. The Balaban J connectivity index is 2.25. The number of aryl methyl sites for hydroxylation is 1. The van der Waals surface area contributed by atoms with Gasteiger partial charge in [0.1, 0.15) is 0 Å². The van der Waals surface area contributed by atoms with Crippen LogP contribution in [0, 0.1) is 6.92 Å². The van der Waals surface area contributed by atoms with Gasteiger partial charge in [-0.25, -0.2) is 0 Å². The molecule has 0 aromatic heterocycles. The Hall–Kier alpha value is -1.34. The lowest BCUT2D eigenvalue weighted by atomic mass is 9.91. The van der Waals surface area contributed by atoms with Gasteiger partial charge in [-0.3, -0.25) is 0 Å². The van der Waals surface area contributed by atoms with Crippen molar-refractivity contribution in [2.24, 2.45) is 0 Å². The minimum absolute atomic E-state index is 0.579. The average Bonchev–Trinajstić information content (AvgIpc) is 2.20. The molecule has 1 heteroatoms. The van der Waals surface area contributed by atoms with Gasteiger partial charge in [0.25, 0.3) is 0 Å². The smallest absolute Gasteiger partial charge is 0.0338 e. The van der Waals surface area contributed by atoms with Gasteiger partial charge in [0.05, 0.1) is 0 Å². The molecule has 1 nitrogen and oxygen atoms in total. The number of nitrogens with one attached hydrogen (secondary N) is 1. The number of hydrogen-bond acceptors (Lipinski definition) is 1. The third kappa shape index (κ3) is 1.35. The minimum atomic E-state index is 0.579. The molecule has 0 aliphatic carbocycles. The maximum Gasteiger partial charge on any atom is 0.0338 e. The van der Waals surface area contributed by atoms with Gasteiger partial charge in [-0.1, -0.05) is 36.4 Å². The lowest BCUT2D eigenvalue weighted by molar-refractivity contribution is 0.385. The molecule has 0 amide bonds. The van der Waals surface area contributed by atoms with Gasteiger partial charge in [-0.2, -0.15) is 0 Å². The molecule has 2 aromatic carbocycles. The van der Waals surface area contributed by atoms with Crippen LogP contribution < -0.4 is 5.32 Å². The van der Waals surface area contributed by atoms with Crippen molar-refractivity contribution >= 4 is 10.8 Å². The Bertz CT molecular complexity index is 498. The molecule has 1 N–H and O–H groups in total. The monoisotopic (exact) mass is 197 g/mol. The fourth-order valence-corrected chi connectivity index (χ4v) is 2.33. The summed E-state index contributed by atoms with van der Waals surface area (Å²) in [6, 6.07) is 13.8. The highest BCUT2D eigenvalue weighted by atomic mass is 15.0. The maximum absolute atomic E-state index is 3.47. The molecule has 2 aromatic rings. The molecule has 1 unspecified atom stereocenters. The second-order valence-corrected chi connectivity index (χ2v) is 4.31. The lowest BCUT2D eigenvalue weighted by Crippen LogP contribution is -2.35. The highest BCUT2D eigenvalue weighted by Crippen LogP contribution is 2.31. The summed E-state index contributed by atoms with van der Waals surface area (Å²) in [5.74, 6) is 0. The minimum Gasteiger partial charge on any atom is -0.310 e. The molecule has 0 spiro atoms. The summed E-state index contributed by atoms with van der Waals surface area (Å²) < 4.78 is 0. The Morgan fingerprint density at radius 3 is 2.47 bits per heavy atom. The molecule has 0 bridgehead atoms. The van der Waals surface area contributed by atoms with E-state index in [1.54, 1.807) is 0 Å². The average molecular weight is 197 g/mol. The number of hydrogen-bond donors (Lipinski definition) is 1. The van der Waals surface area contributed by atoms with Crippen LogP contribution in [0.3, 0.4) is 0 Å². The van der Waals surface area contributed by atoms with E-state index in [0.29, 0.717) is 6.04 Å². The molecule has 1 atom stereocenters. The first-order valence-corrected chi connectivity index (χ1v) is 5.58. The van der Waals surface area contributed by atoms with Crippen LogP contribution in [-0.2, 0) is 0 Å². The van der Waals surface area contributed by atoms with E-state index < -0.39 is 0 Å². The van der Waals surface area contributed by atoms with Gasteiger partial charge in [-0.05, 0) is 41.8 Å². The van der Waals surface area contributed by atoms with Gasteiger partial charge >= 0.3 is 0 Å². The zero-order valence-electron chi connectivity index (χ0n) is 8.96. The van der Waals surface area contributed by atoms with Crippen molar-refractivity contribution < 1.29 is 0 Å². The predicted molar refractivity (Wildman–Crippen MR) is 64.0 cm³/mol. The fourth-order valence-electron chi connectivity index (χ4n) is 2.33. The van der Waals surface area contributed by atoms with E-state index in [9.17, 15) is 0 Å². The van der Waals surface area contributed by atoms with E-state index >= 15 is 0 Å². The fraction of sp³-hybridized carbons (Fsp3) is 0.286. The Kier molecular flexibility index (Phi) is 2.00. The SMILES string of the molecule is Cc1ccc(C2CCN2)c2ccccc12. The Morgan fingerprint density at radius 1 is 1.07 bits per heavy atom. The molecule has 1 fully saturated rings. The van der Waals surface area contributed by atoms with Gasteiger partial charge in [0.15, 0.2) is 0 Å². The summed E-state index contributed by atoms with van der Waals surface area (Å²) in [6.07, 6.45) is 1.27. The van der Waals surface area contributed by atoms with E-state index in [2.05, 4.69) is 48.6 Å². The third-order valence-corrected chi connectivity index (χ3v) is 3.37. The summed E-state index contributed by atoms with van der Waals surface area (Å²) in [6.45, 7) is 3.34. The quantitative estimate of drug-likeness (QED) is 0.740. The normalized spacial score (nSPS) is 20.2. The van der Waals surface area contributed by atoms with Crippen LogP contribution in [0.1, 0.15) is 23.6 Å². The van der Waals surface area contributed by atoms with Crippen LogP contribution in [0.15, 0.2) is 36.4 Å². The first-order chi connectivity index (χ1) is 7.36. The van der Waals surface area contributed by atoms with Crippen LogP contribution in [0.25, 0.3) is 10.8 Å². The van der Waals surface area contributed by atoms with E-state index in [1.165, 1.54) is 28.3 Å². The number of fused-ring (bicyclic) bond motifs is 1. The zero-order chi connectivity index (χ0) is 10.3. The van der Waals surface area contributed by atoms with Crippen LogP contribution in [0.2, 0.25) is 0 Å². The predicted octanol–water partition coefficient (Wildman–Crippen LogP) is 3.18. The van der Waals surface area contributed by atoms with E-state index in [-0.39, 0.29) is 0 Å².